The Hall–Kier alpha value is -0.0800. The second-order valence-electron chi connectivity index (χ2n) is 3.08. The van der Waals surface area contributed by atoms with Crippen molar-refractivity contribution in [2.45, 2.75) is 44.2 Å². The van der Waals surface area contributed by atoms with Crippen molar-refractivity contribution >= 4 is 0 Å². The summed E-state index contributed by atoms with van der Waals surface area (Å²) < 4.78 is 5.26. The van der Waals surface area contributed by atoms with Gasteiger partial charge in [0.25, 0.3) is 0 Å². The third kappa shape index (κ3) is 1.96. The van der Waals surface area contributed by atoms with Crippen LogP contribution in [-0.4, -0.2) is 19.3 Å². The molecule has 0 saturated heterocycles. The Morgan fingerprint density at radius 1 is 1.20 bits per heavy atom. The molecule has 0 aromatic carbocycles. The summed E-state index contributed by atoms with van der Waals surface area (Å²) in [6.45, 7) is 0. The molecular formula is C8H17NO. The molecule has 0 bridgehead atoms. The molecule has 2 N–H and O–H groups in total. The molecule has 1 rings (SSSR count). The van der Waals surface area contributed by atoms with Crippen LogP contribution in [0.1, 0.15) is 32.1 Å². The molecule has 0 aliphatic heterocycles. The molecule has 0 amide bonds. The fourth-order valence-electron chi connectivity index (χ4n) is 1.59. The highest BCUT2D eigenvalue weighted by molar-refractivity contribution is 4.76. The molecule has 2 nitrogen and oxygen atoms in total. The molecule has 1 saturated carbocycles. The SMILES string of the molecule is CO[C@@H]1CCCCC[C@H]1N. The Balaban J connectivity index is 2.35. The van der Waals surface area contributed by atoms with Gasteiger partial charge in [0.05, 0.1) is 6.10 Å². The summed E-state index contributed by atoms with van der Waals surface area (Å²) in [5, 5.41) is 0. The van der Waals surface area contributed by atoms with Crippen LogP contribution in [0.15, 0.2) is 0 Å². The van der Waals surface area contributed by atoms with Crippen LogP contribution in [0.4, 0.5) is 0 Å². The lowest BCUT2D eigenvalue weighted by molar-refractivity contribution is 0.0751. The second kappa shape index (κ2) is 3.94. The first-order valence-electron chi connectivity index (χ1n) is 4.13. The Kier molecular flexibility index (Phi) is 3.16. The maximum absolute atomic E-state index is 5.86. The first kappa shape index (κ1) is 8.02. The van der Waals surface area contributed by atoms with E-state index in [1.165, 1.54) is 19.3 Å². The van der Waals surface area contributed by atoms with Crippen molar-refractivity contribution in [3.8, 4) is 0 Å². The van der Waals surface area contributed by atoms with E-state index in [1.54, 1.807) is 7.11 Å². The number of methoxy groups -OCH3 is 1. The van der Waals surface area contributed by atoms with Crippen LogP contribution in [0.25, 0.3) is 0 Å². The van der Waals surface area contributed by atoms with Crippen LogP contribution in [0.2, 0.25) is 0 Å². The molecule has 0 heterocycles. The smallest absolute Gasteiger partial charge is 0.0722 e. The van der Waals surface area contributed by atoms with Crippen molar-refractivity contribution in [1.29, 1.82) is 0 Å². The monoisotopic (exact) mass is 143 g/mol. The van der Waals surface area contributed by atoms with Gasteiger partial charge in [-0.15, -0.1) is 0 Å². The average molecular weight is 143 g/mol. The van der Waals surface area contributed by atoms with Gasteiger partial charge in [0, 0.05) is 13.2 Å². The van der Waals surface area contributed by atoms with Gasteiger partial charge in [-0.3, -0.25) is 0 Å². The summed E-state index contributed by atoms with van der Waals surface area (Å²) in [7, 11) is 1.76. The van der Waals surface area contributed by atoms with Gasteiger partial charge >= 0.3 is 0 Å². The fourth-order valence-corrected chi connectivity index (χ4v) is 1.59. The van der Waals surface area contributed by atoms with E-state index in [0.717, 1.165) is 12.8 Å². The van der Waals surface area contributed by atoms with E-state index in [9.17, 15) is 0 Å². The van der Waals surface area contributed by atoms with Crippen molar-refractivity contribution in [2.24, 2.45) is 5.73 Å². The Bertz CT molecular complexity index is 95.3. The third-order valence-corrected chi connectivity index (χ3v) is 2.31. The van der Waals surface area contributed by atoms with Crippen LogP contribution in [0.3, 0.4) is 0 Å². The second-order valence-corrected chi connectivity index (χ2v) is 3.08. The number of ether oxygens (including phenoxy) is 1. The van der Waals surface area contributed by atoms with E-state index >= 15 is 0 Å². The number of hydrogen-bond acceptors (Lipinski definition) is 2. The van der Waals surface area contributed by atoms with E-state index in [1.807, 2.05) is 0 Å². The van der Waals surface area contributed by atoms with Crippen molar-refractivity contribution < 1.29 is 4.74 Å². The predicted molar refractivity (Wildman–Crippen MR) is 41.9 cm³/mol. The summed E-state index contributed by atoms with van der Waals surface area (Å²) in [5.74, 6) is 0. The summed E-state index contributed by atoms with van der Waals surface area (Å²) >= 11 is 0. The van der Waals surface area contributed by atoms with E-state index in [2.05, 4.69) is 0 Å². The first-order valence-corrected chi connectivity index (χ1v) is 4.13. The molecule has 0 spiro atoms. The minimum atomic E-state index is 0.285. The average Bonchev–Trinajstić information content (AvgIpc) is 2.13. The van der Waals surface area contributed by atoms with Crippen LogP contribution >= 0.6 is 0 Å². The zero-order valence-corrected chi connectivity index (χ0v) is 6.68. The molecule has 60 valence electrons. The maximum Gasteiger partial charge on any atom is 0.0722 e. The van der Waals surface area contributed by atoms with Crippen molar-refractivity contribution in [3.63, 3.8) is 0 Å². The van der Waals surface area contributed by atoms with Gasteiger partial charge in [0.1, 0.15) is 0 Å². The molecule has 1 aliphatic rings. The zero-order valence-electron chi connectivity index (χ0n) is 6.68. The van der Waals surface area contributed by atoms with E-state index in [0.29, 0.717) is 6.10 Å². The number of rotatable bonds is 1. The summed E-state index contributed by atoms with van der Waals surface area (Å²) in [6.07, 6.45) is 6.50. The lowest BCUT2D eigenvalue weighted by atomic mass is 10.1. The third-order valence-electron chi connectivity index (χ3n) is 2.31. The van der Waals surface area contributed by atoms with E-state index in [-0.39, 0.29) is 6.04 Å². The van der Waals surface area contributed by atoms with Crippen LogP contribution in [0.5, 0.6) is 0 Å². The Morgan fingerprint density at radius 2 is 1.90 bits per heavy atom. The minimum Gasteiger partial charge on any atom is -0.380 e. The first-order chi connectivity index (χ1) is 4.84. The number of nitrogens with two attached hydrogens (primary N) is 1. The van der Waals surface area contributed by atoms with Gasteiger partial charge in [0.2, 0.25) is 0 Å². The summed E-state index contributed by atoms with van der Waals surface area (Å²) in [6, 6.07) is 0.285. The molecule has 1 fully saturated rings. The number of hydrogen-bond donors (Lipinski definition) is 1. The Morgan fingerprint density at radius 3 is 2.60 bits per heavy atom. The van der Waals surface area contributed by atoms with Gasteiger partial charge in [-0.25, -0.2) is 0 Å². The highest BCUT2D eigenvalue weighted by atomic mass is 16.5. The summed E-state index contributed by atoms with van der Waals surface area (Å²) in [4.78, 5) is 0. The van der Waals surface area contributed by atoms with Gasteiger partial charge in [0.15, 0.2) is 0 Å². The molecule has 0 aromatic rings. The van der Waals surface area contributed by atoms with Crippen molar-refractivity contribution in [3.05, 3.63) is 0 Å². The minimum absolute atomic E-state index is 0.285. The van der Waals surface area contributed by atoms with Gasteiger partial charge in [-0.2, -0.15) is 0 Å². The van der Waals surface area contributed by atoms with E-state index in [4.69, 9.17) is 10.5 Å². The quantitative estimate of drug-likeness (QED) is 0.561. The zero-order chi connectivity index (χ0) is 7.40. The van der Waals surface area contributed by atoms with E-state index < -0.39 is 0 Å². The predicted octanol–water partition coefficient (Wildman–Crippen LogP) is 1.29. The molecule has 2 heteroatoms. The lowest BCUT2D eigenvalue weighted by Crippen LogP contribution is -2.34. The molecular weight excluding hydrogens is 126 g/mol. The van der Waals surface area contributed by atoms with Crippen LogP contribution in [-0.2, 0) is 4.74 Å². The van der Waals surface area contributed by atoms with Crippen LogP contribution in [0, 0.1) is 0 Å². The lowest BCUT2D eigenvalue weighted by Gasteiger charge is -2.18. The standard InChI is InChI=1S/C8H17NO/c1-10-8-6-4-2-3-5-7(8)9/h7-8H,2-6,9H2,1H3/t7-,8-/m1/s1. The van der Waals surface area contributed by atoms with Gasteiger partial charge in [-0.1, -0.05) is 19.3 Å². The topological polar surface area (TPSA) is 35.2 Å². The van der Waals surface area contributed by atoms with Crippen molar-refractivity contribution in [2.75, 3.05) is 7.11 Å². The molecule has 0 aromatic heterocycles. The Labute approximate surface area is 62.7 Å². The van der Waals surface area contributed by atoms with Crippen LogP contribution < -0.4 is 5.73 Å². The van der Waals surface area contributed by atoms with Gasteiger partial charge in [-0.05, 0) is 12.8 Å². The van der Waals surface area contributed by atoms with Gasteiger partial charge < -0.3 is 10.5 Å². The van der Waals surface area contributed by atoms with Crippen molar-refractivity contribution in [1.82, 2.24) is 0 Å². The molecule has 0 unspecified atom stereocenters. The molecule has 1 aliphatic carbocycles. The summed E-state index contributed by atoms with van der Waals surface area (Å²) in [5.41, 5.74) is 5.86. The normalized spacial score (nSPS) is 35.4. The highest BCUT2D eigenvalue weighted by Crippen LogP contribution is 2.18. The molecule has 2 atom stereocenters. The highest BCUT2D eigenvalue weighted by Gasteiger charge is 2.18. The maximum atomic E-state index is 5.86. The fraction of sp³-hybridized carbons (Fsp3) is 1.00. The molecule has 0 radical (unpaired) electrons. The largest absolute Gasteiger partial charge is 0.380 e. The molecule has 10 heavy (non-hydrogen) atoms.